The SMILES string of the molecule is c1ccc2c(c1)Cc1cccc3cccc(c13)C2. The molecule has 0 aromatic heterocycles. The van der Waals surface area contributed by atoms with Crippen LogP contribution in [-0.2, 0) is 12.8 Å². The normalized spacial score (nSPS) is 13.1. The largest absolute Gasteiger partial charge is 0.0620 e. The molecule has 0 nitrogen and oxygen atoms in total. The van der Waals surface area contributed by atoms with Crippen LogP contribution >= 0.6 is 0 Å². The molecule has 86 valence electrons. The highest BCUT2D eigenvalue weighted by atomic mass is 14.2. The zero-order valence-electron chi connectivity index (χ0n) is 10.2. The van der Waals surface area contributed by atoms with E-state index in [4.69, 9.17) is 0 Å². The van der Waals surface area contributed by atoms with Crippen LogP contribution in [0.4, 0.5) is 0 Å². The lowest BCUT2D eigenvalue weighted by atomic mass is 9.98. The van der Waals surface area contributed by atoms with E-state index in [0.29, 0.717) is 0 Å². The molecule has 0 saturated carbocycles. The Kier molecular flexibility index (Phi) is 2.04. The van der Waals surface area contributed by atoms with Crippen molar-refractivity contribution in [1.82, 2.24) is 0 Å². The molecule has 0 bridgehead atoms. The molecule has 0 radical (unpaired) electrons. The van der Waals surface area contributed by atoms with Gasteiger partial charge in [0.2, 0.25) is 0 Å². The maximum absolute atomic E-state index is 2.27. The van der Waals surface area contributed by atoms with Gasteiger partial charge in [0, 0.05) is 0 Å². The quantitative estimate of drug-likeness (QED) is 0.421. The Morgan fingerprint density at radius 1 is 0.500 bits per heavy atom. The van der Waals surface area contributed by atoms with Crippen LogP contribution in [0.3, 0.4) is 0 Å². The molecule has 1 aliphatic rings. The second-order valence-electron chi connectivity index (χ2n) is 5.05. The number of hydrogen-bond acceptors (Lipinski definition) is 0. The maximum atomic E-state index is 2.27. The van der Waals surface area contributed by atoms with Crippen LogP contribution in [0.25, 0.3) is 10.8 Å². The minimum Gasteiger partial charge on any atom is -0.0620 e. The van der Waals surface area contributed by atoms with E-state index in [1.807, 2.05) is 0 Å². The standard InChI is InChI=1S/C18H14/c1-2-6-15-12-17-10-4-8-13-7-3-9-16(18(13)17)11-14(15)5-1/h1-10H,11-12H2. The molecule has 0 heteroatoms. The van der Waals surface area contributed by atoms with Gasteiger partial charge < -0.3 is 0 Å². The zero-order chi connectivity index (χ0) is 11.9. The van der Waals surface area contributed by atoms with Gasteiger partial charge in [-0.1, -0.05) is 60.7 Å². The fraction of sp³-hybridized carbons (Fsp3) is 0.111. The summed E-state index contributed by atoms with van der Waals surface area (Å²) in [5.74, 6) is 0. The fourth-order valence-corrected chi connectivity index (χ4v) is 3.11. The van der Waals surface area contributed by atoms with Crippen molar-refractivity contribution in [1.29, 1.82) is 0 Å². The Labute approximate surface area is 107 Å². The van der Waals surface area contributed by atoms with Gasteiger partial charge in [-0.15, -0.1) is 0 Å². The Hall–Kier alpha value is -2.08. The van der Waals surface area contributed by atoms with Gasteiger partial charge in [-0.3, -0.25) is 0 Å². The van der Waals surface area contributed by atoms with Crippen molar-refractivity contribution in [2.24, 2.45) is 0 Å². The van der Waals surface area contributed by atoms with Crippen LogP contribution in [0.2, 0.25) is 0 Å². The molecule has 4 rings (SSSR count). The summed E-state index contributed by atoms with van der Waals surface area (Å²) < 4.78 is 0. The van der Waals surface area contributed by atoms with Crippen molar-refractivity contribution in [3.63, 3.8) is 0 Å². The highest BCUT2D eigenvalue weighted by Gasteiger charge is 2.14. The molecule has 3 aromatic carbocycles. The molecule has 18 heavy (non-hydrogen) atoms. The molecular formula is C18H14. The Bertz CT molecular complexity index is 678. The first-order valence-corrected chi connectivity index (χ1v) is 6.48. The molecule has 0 aliphatic heterocycles. The zero-order valence-corrected chi connectivity index (χ0v) is 10.2. The summed E-state index contributed by atoms with van der Waals surface area (Å²) in [6, 6.07) is 22.2. The Morgan fingerprint density at radius 3 is 1.56 bits per heavy atom. The first-order chi connectivity index (χ1) is 8.92. The summed E-state index contributed by atoms with van der Waals surface area (Å²) in [7, 11) is 0. The smallest absolute Gasteiger partial charge is 0.00167 e. The average molecular weight is 230 g/mol. The van der Waals surface area contributed by atoms with Crippen molar-refractivity contribution in [2.75, 3.05) is 0 Å². The number of benzene rings is 3. The average Bonchev–Trinajstić information content (AvgIpc) is 2.57. The Balaban J connectivity index is 2.08. The molecule has 0 atom stereocenters. The van der Waals surface area contributed by atoms with E-state index in [-0.39, 0.29) is 0 Å². The van der Waals surface area contributed by atoms with Crippen LogP contribution in [0.15, 0.2) is 60.7 Å². The van der Waals surface area contributed by atoms with Gasteiger partial charge in [-0.2, -0.15) is 0 Å². The van der Waals surface area contributed by atoms with Gasteiger partial charge >= 0.3 is 0 Å². The van der Waals surface area contributed by atoms with Gasteiger partial charge in [-0.25, -0.2) is 0 Å². The molecule has 0 N–H and O–H groups in total. The first kappa shape index (κ1) is 9.90. The molecule has 0 heterocycles. The van der Waals surface area contributed by atoms with E-state index < -0.39 is 0 Å². The molecule has 0 fully saturated rings. The molecular weight excluding hydrogens is 216 g/mol. The van der Waals surface area contributed by atoms with E-state index >= 15 is 0 Å². The third-order valence-corrected chi connectivity index (χ3v) is 3.96. The van der Waals surface area contributed by atoms with E-state index in [1.165, 1.54) is 33.0 Å². The van der Waals surface area contributed by atoms with Crippen LogP contribution in [-0.4, -0.2) is 0 Å². The predicted octanol–water partition coefficient (Wildman–Crippen LogP) is 4.33. The fourth-order valence-electron chi connectivity index (χ4n) is 3.11. The van der Waals surface area contributed by atoms with Crippen molar-refractivity contribution >= 4 is 10.8 Å². The van der Waals surface area contributed by atoms with Gasteiger partial charge in [0.05, 0.1) is 0 Å². The monoisotopic (exact) mass is 230 g/mol. The van der Waals surface area contributed by atoms with Crippen molar-refractivity contribution in [3.05, 3.63) is 82.9 Å². The molecule has 1 aliphatic carbocycles. The van der Waals surface area contributed by atoms with Gasteiger partial charge in [0.25, 0.3) is 0 Å². The van der Waals surface area contributed by atoms with E-state index in [0.717, 1.165) is 12.8 Å². The van der Waals surface area contributed by atoms with Crippen LogP contribution < -0.4 is 0 Å². The summed E-state index contributed by atoms with van der Waals surface area (Å²) in [6.45, 7) is 0. The van der Waals surface area contributed by atoms with E-state index in [1.54, 1.807) is 0 Å². The van der Waals surface area contributed by atoms with Gasteiger partial charge in [0.15, 0.2) is 0 Å². The minimum atomic E-state index is 1.06. The molecule has 0 spiro atoms. The number of hydrogen-bond donors (Lipinski definition) is 0. The molecule has 0 unspecified atom stereocenters. The van der Waals surface area contributed by atoms with Crippen molar-refractivity contribution in [2.45, 2.75) is 12.8 Å². The van der Waals surface area contributed by atoms with E-state index in [9.17, 15) is 0 Å². The lowest BCUT2D eigenvalue weighted by Crippen LogP contribution is -1.91. The maximum Gasteiger partial charge on any atom is -0.00167 e. The lowest BCUT2D eigenvalue weighted by Gasteiger charge is -2.07. The highest BCUT2D eigenvalue weighted by molar-refractivity contribution is 5.90. The minimum absolute atomic E-state index is 1.06. The third kappa shape index (κ3) is 1.39. The second-order valence-corrected chi connectivity index (χ2v) is 5.05. The highest BCUT2D eigenvalue weighted by Crippen LogP contribution is 2.31. The summed E-state index contributed by atoms with van der Waals surface area (Å²) in [5.41, 5.74) is 5.88. The Morgan fingerprint density at radius 2 is 1.00 bits per heavy atom. The van der Waals surface area contributed by atoms with Crippen LogP contribution in [0, 0.1) is 0 Å². The molecule has 0 amide bonds. The van der Waals surface area contributed by atoms with Gasteiger partial charge in [0.1, 0.15) is 0 Å². The topological polar surface area (TPSA) is 0 Å². The van der Waals surface area contributed by atoms with Gasteiger partial charge in [-0.05, 0) is 45.9 Å². The second kappa shape index (κ2) is 3.71. The molecule has 3 aromatic rings. The third-order valence-electron chi connectivity index (χ3n) is 3.96. The number of fused-ring (bicyclic) bond motifs is 1. The van der Waals surface area contributed by atoms with Crippen LogP contribution in [0.1, 0.15) is 22.3 Å². The molecule has 0 saturated heterocycles. The lowest BCUT2D eigenvalue weighted by molar-refractivity contribution is 1.14. The van der Waals surface area contributed by atoms with E-state index in [2.05, 4.69) is 60.7 Å². The summed E-state index contributed by atoms with van der Waals surface area (Å²) in [6.07, 6.45) is 2.12. The predicted molar refractivity (Wildman–Crippen MR) is 76.0 cm³/mol. The summed E-state index contributed by atoms with van der Waals surface area (Å²) in [5, 5.41) is 2.84. The van der Waals surface area contributed by atoms with Crippen molar-refractivity contribution in [3.8, 4) is 0 Å². The van der Waals surface area contributed by atoms with Crippen LogP contribution in [0.5, 0.6) is 0 Å². The summed E-state index contributed by atoms with van der Waals surface area (Å²) in [4.78, 5) is 0. The van der Waals surface area contributed by atoms with Crippen molar-refractivity contribution < 1.29 is 0 Å². The first-order valence-electron chi connectivity index (χ1n) is 6.48. The summed E-state index contributed by atoms with van der Waals surface area (Å²) >= 11 is 0. The number of rotatable bonds is 0.